The molecule has 3 aliphatic heterocycles. The molecule has 0 amide bonds. The monoisotopic (exact) mass is 769 g/mol. The number of likely N-dealkylation sites (N-methyl/N-ethyl adjacent to an activating group) is 1. The van der Waals surface area contributed by atoms with Gasteiger partial charge in [0.2, 0.25) is 0 Å². The van der Waals surface area contributed by atoms with E-state index in [0.29, 0.717) is 54.0 Å². The first kappa shape index (κ1) is 40.1. The largest absolute Gasteiger partial charge is 0.508 e. The summed E-state index contributed by atoms with van der Waals surface area (Å²) < 4.78 is 19.7. The number of carbonyl (C=O) groups is 1. The van der Waals surface area contributed by atoms with E-state index in [1.807, 2.05) is 38.3 Å². The SMILES string of the molecule is CC=C(CNCC)C(=O)OC1Cc2c(c(C(C3=CCNC(N)=C3)C(CO)c3cccc(O)c3)c3oc(CO)cc(=O)c3c2O)OC1(C)CCC1=CNC(N)C=C1. The predicted octanol–water partition coefficient (Wildman–Crippen LogP) is 3.16. The molecule has 0 spiro atoms. The predicted molar refractivity (Wildman–Crippen MR) is 212 cm³/mol. The first-order valence-corrected chi connectivity index (χ1v) is 18.8. The summed E-state index contributed by atoms with van der Waals surface area (Å²) in [6, 6.07) is 7.61. The highest BCUT2D eigenvalue weighted by molar-refractivity contribution is 5.92. The summed E-state index contributed by atoms with van der Waals surface area (Å²) in [6.07, 6.45) is 10.4. The lowest BCUT2D eigenvalue weighted by Crippen LogP contribution is -2.52. The molecule has 0 bridgehead atoms. The molecule has 0 saturated carbocycles. The number of phenolic OH excluding ortho intramolecular Hbond substituents is 2. The van der Waals surface area contributed by atoms with Gasteiger partial charge in [0.05, 0.1) is 18.6 Å². The fraction of sp³-hybridized carbons (Fsp3) is 0.381. The molecule has 5 atom stereocenters. The lowest BCUT2D eigenvalue weighted by atomic mass is 9.73. The second kappa shape index (κ2) is 17.1. The Morgan fingerprint density at radius 3 is 2.70 bits per heavy atom. The van der Waals surface area contributed by atoms with E-state index in [0.717, 1.165) is 11.6 Å². The van der Waals surface area contributed by atoms with E-state index >= 15 is 0 Å². The van der Waals surface area contributed by atoms with Crippen LogP contribution in [0.25, 0.3) is 11.0 Å². The van der Waals surface area contributed by atoms with E-state index in [9.17, 15) is 30.0 Å². The lowest BCUT2D eigenvalue weighted by Gasteiger charge is -2.44. The number of dihydropyridines is 2. The van der Waals surface area contributed by atoms with E-state index in [1.165, 1.54) is 6.07 Å². The Bertz CT molecular complexity index is 2190. The third-order valence-corrected chi connectivity index (χ3v) is 10.7. The molecule has 4 heterocycles. The minimum atomic E-state index is -1.24. The van der Waals surface area contributed by atoms with Crippen LogP contribution in [0.4, 0.5) is 0 Å². The smallest absolute Gasteiger partial charge is 0.335 e. The van der Waals surface area contributed by atoms with Crippen LogP contribution in [0.3, 0.4) is 0 Å². The van der Waals surface area contributed by atoms with Crippen molar-refractivity contribution in [1.82, 2.24) is 16.0 Å². The molecule has 3 aliphatic rings. The average molecular weight is 770 g/mol. The molecule has 3 aromatic rings. The van der Waals surface area contributed by atoms with Crippen molar-refractivity contribution in [3.8, 4) is 17.2 Å². The van der Waals surface area contributed by atoms with Crippen molar-refractivity contribution in [2.24, 2.45) is 11.5 Å². The number of carbonyl (C=O) groups excluding carboxylic acids is 1. The van der Waals surface area contributed by atoms with Gasteiger partial charge in [0.1, 0.15) is 52.3 Å². The Morgan fingerprint density at radius 1 is 1.23 bits per heavy atom. The molecule has 0 radical (unpaired) electrons. The lowest BCUT2D eigenvalue weighted by molar-refractivity contribution is -0.159. The number of fused-ring (bicyclic) bond motifs is 2. The summed E-state index contributed by atoms with van der Waals surface area (Å²) in [4.78, 5) is 27.7. The van der Waals surface area contributed by atoms with Gasteiger partial charge in [-0.3, -0.25) is 4.79 Å². The number of esters is 1. The van der Waals surface area contributed by atoms with Gasteiger partial charge < -0.3 is 61.7 Å². The number of aliphatic hydroxyl groups is 2. The molecule has 0 saturated heterocycles. The number of benzene rings is 2. The van der Waals surface area contributed by atoms with Crippen LogP contribution >= 0.6 is 0 Å². The second-order valence-electron chi connectivity index (χ2n) is 14.4. The van der Waals surface area contributed by atoms with Gasteiger partial charge in [-0.1, -0.05) is 37.3 Å². The molecule has 1 aromatic heterocycles. The fourth-order valence-corrected chi connectivity index (χ4v) is 7.62. The summed E-state index contributed by atoms with van der Waals surface area (Å²) >= 11 is 0. The van der Waals surface area contributed by atoms with Gasteiger partial charge in [-0.2, -0.15) is 0 Å². The summed E-state index contributed by atoms with van der Waals surface area (Å²) in [5.74, 6) is -2.17. The number of ether oxygens (including phenoxy) is 2. The molecule has 6 rings (SSSR count). The first-order valence-electron chi connectivity index (χ1n) is 18.8. The zero-order chi connectivity index (χ0) is 40.1. The summed E-state index contributed by atoms with van der Waals surface area (Å²) in [6.45, 7) is 5.74. The normalized spacial score (nSPS) is 21.8. The number of hydrogen-bond acceptors (Lipinski definition) is 14. The summed E-state index contributed by atoms with van der Waals surface area (Å²) in [5, 5.41) is 53.2. The van der Waals surface area contributed by atoms with Crippen LogP contribution < -0.4 is 37.6 Å². The van der Waals surface area contributed by atoms with E-state index < -0.39 is 53.9 Å². The maximum Gasteiger partial charge on any atom is 0.335 e. The Hall–Kier alpha value is -5.54. The molecular formula is C42H51N5O9. The van der Waals surface area contributed by atoms with Crippen molar-refractivity contribution in [2.45, 2.75) is 76.3 Å². The molecule has 14 nitrogen and oxygen atoms in total. The molecule has 0 aliphatic carbocycles. The highest BCUT2D eigenvalue weighted by Gasteiger charge is 2.48. The average Bonchev–Trinajstić information content (AvgIpc) is 3.18. The molecular weight excluding hydrogens is 718 g/mol. The highest BCUT2D eigenvalue weighted by atomic mass is 16.6. The first-order chi connectivity index (χ1) is 26.9. The fourth-order valence-electron chi connectivity index (χ4n) is 7.62. The number of nitrogens with one attached hydrogen (secondary N) is 3. The van der Waals surface area contributed by atoms with Gasteiger partial charge in [0.25, 0.3) is 0 Å². The number of phenols is 2. The Morgan fingerprint density at radius 2 is 2.04 bits per heavy atom. The number of rotatable bonds is 14. The minimum absolute atomic E-state index is 0.0228. The zero-order valence-corrected chi connectivity index (χ0v) is 31.8. The molecule has 2 aromatic carbocycles. The van der Waals surface area contributed by atoms with E-state index in [1.54, 1.807) is 37.3 Å². The van der Waals surface area contributed by atoms with Crippen LogP contribution in [0.15, 0.2) is 98.7 Å². The summed E-state index contributed by atoms with van der Waals surface area (Å²) in [7, 11) is 0. The third kappa shape index (κ3) is 8.19. The molecule has 298 valence electrons. The van der Waals surface area contributed by atoms with Crippen molar-refractivity contribution in [3.05, 3.63) is 122 Å². The molecule has 0 fully saturated rings. The van der Waals surface area contributed by atoms with Crippen molar-refractivity contribution in [1.29, 1.82) is 0 Å². The number of allylic oxidation sites excluding steroid dienone is 5. The summed E-state index contributed by atoms with van der Waals surface area (Å²) in [5.41, 5.74) is 13.5. The Labute approximate surface area is 324 Å². The van der Waals surface area contributed by atoms with Gasteiger partial charge >= 0.3 is 5.97 Å². The topological polar surface area (TPSA) is 235 Å². The van der Waals surface area contributed by atoms with Crippen LogP contribution in [0.5, 0.6) is 17.2 Å². The maximum absolute atomic E-state index is 13.9. The Balaban J connectivity index is 1.62. The zero-order valence-electron chi connectivity index (χ0n) is 31.8. The maximum atomic E-state index is 13.9. The van der Waals surface area contributed by atoms with Crippen LogP contribution in [-0.2, 0) is 22.6 Å². The van der Waals surface area contributed by atoms with Crippen molar-refractivity contribution in [3.63, 3.8) is 0 Å². The number of nitrogens with two attached hydrogens (primary N) is 2. The van der Waals surface area contributed by atoms with E-state index in [2.05, 4.69) is 16.0 Å². The standard InChI is InChI=1S/C42H51N5O9/c1-4-24(20-45-5-2)41(53)55-32-18-29-38(52)36-31(51)17-28(21-48)54-40(36)37(39(29)56-42(32,3)13-11-23-9-10-33(43)47-19-23)35(26-12-14-46-34(44)16-26)30(22-49)25-7-6-8-27(50)15-25/h4,6-10,12,15-17,19,30,32-33,35,45-50,52H,5,11,13-14,18,20-22,43-44H2,1-3H3. The van der Waals surface area contributed by atoms with Gasteiger partial charge in [-0.15, -0.1) is 0 Å². The van der Waals surface area contributed by atoms with Gasteiger partial charge in [0, 0.05) is 60.3 Å². The van der Waals surface area contributed by atoms with Gasteiger partial charge in [-0.05, 0) is 74.2 Å². The van der Waals surface area contributed by atoms with E-state index in [4.69, 9.17) is 25.4 Å². The van der Waals surface area contributed by atoms with Gasteiger partial charge in [-0.25, -0.2) is 4.79 Å². The van der Waals surface area contributed by atoms with Crippen LogP contribution in [0.1, 0.15) is 67.9 Å². The molecule has 5 unspecified atom stereocenters. The molecule has 14 heteroatoms. The van der Waals surface area contributed by atoms with E-state index in [-0.39, 0.29) is 52.9 Å². The number of aliphatic hydroxyl groups excluding tert-OH is 2. The van der Waals surface area contributed by atoms with Crippen molar-refractivity contribution >= 4 is 16.9 Å². The van der Waals surface area contributed by atoms with Crippen molar-refractivity contribution < 1.29 is 39.1 Å². The van der Waals surface area contributed by atoms with Crippen LogP contribution in [0, 0.1) is 0 Å². The number of aromatic hydroxyl groups is 2. The van der Waals surface area contributed by atoms with Crippen LogP contribution in [-0.4, -0.2) is 70.5 Å². The van der Waals surface area contributed by atoms with Crippen LogP contribution in [0.2, 0.25) is 0 Å². The minimum Gasteiger partial charge on any atom is -0.508 e. The Kier molecular flexibility index (Phi) is 12.2. The third-order valence-electron chi connectivity index (χ3n) is 10.7. The highest BCUT2D eigenvalue weighted by Crippen LogP contribution is 2.54. The second-order valence-corrected chi connectivity index (χ2v) is 14.4. The molecule has 56 heavy (non-hydrogen) atoms. The quantitative estimate of drug-likeness (QED) is 0.0847. The number of hydrogen-bond donors (Lipinski definition) is 9. The van der Waals surface area contributed by atoms with Gasteiger partial charge in [0.15, 0.2) is 5.43 Å². The van der Waals surface area contributed by atoms with Crippen molar-refractivity contribution in [2.75, 3.05) is 26.2 Å². The molecule has 11 N–H and O–H groups in total.